The van der Waals surface area contributed by atoms with Crippen LogP contribution < -0.4 is 10.5 Å². The monoisotopic (exact) mass is 452 g/mol. The van der Waals surface area contributed by atoms with Gasteiger partial charge in [0.05, 0.1) is 11.9 Å². The summed E-state index contributed by atoms with van der Waals surface area (Å²) >= 11 is 7.81. The molecule has 1 fully saturated rings. The van der Waals surface area contributed by atoms with E-state index in [1.807, 2.05) is 41.8 Å². The third-order valence-corrected chi connectivity index (χ3v) is 6.82. The summed E-state index contributed by atoms with van der Waals surface area (Å²) in [7, 11) is 0. The first kappa shape index (κ1) is 20.1. The predicted molar refractivity (Wildman–Crippen MR) is 126 cm³/mol. The molecule has 0 aliphatic carbocycles. The first-order valence-corrected chi connectivity index (χ1v) is 11.4. The molecule has 0 amide bonds. The van der Waals surface area contributed by atoms with Gasteiger partial charge in [-0.05, 0) is 30.3 Å². The van der Waals surface area contributed by atoms with Gasteiger partial charge in [0.25, 0.3) is 5.56 Å². The van der Waals surface area contributed by atoms with E-state index in [1.54, 1.807) is 12.1 Å². The average Bonchev–Trinajstić information content (AvgIpc) is 3.20. The second kappa shape index (κ2) is 8.34. The maximum Gasteiger partial charge on any atom is 0.260 e. The fourth-order valence-corrected chi connectivity index (χ4v) is 5.18. The number of benzene rings is 2. The molecule has 0 bridgehead atoms. The SMILES string of the molecule is O=c1[nH]c(CN2CCN(c3ccc(O)cc3)CC2)nc2scc(-c3ccccc3Cl)c12. The molecule has 0 unspecified atom stereocenters. The Morgan fingerprint density at radius 2 is 1.77 bits per heavy atom. The zero-order valence-electron chi connectivity index (χ0n) is 16.7. The lowest BCUT2D eigenvalue weighted by Crippen LogP contribution is -2.46. The Kier molecular flexibility index (Phi) is 5.40. The fourth-order valence-electron chi connectivity index (χ4n) is 3.99. The van der Waals surface area contributed by atoms with Gasteiger partial charge in [-0.3, -0.25) is 9.69 Å². The number of phenols is 1. The van der Waals surface area contributed by atoms with E-state index >= 15 is 0 Å². The maximum atomic E-state index is 12.9. The van der Waals surface area contributed by atoms with Crippen molar-refractivity contribution >= 4 is 38.8 Å². The number of rotatable bonds is 4. The molecule has 0 spiro atoms. The van der Waals surface area contributed by atoms with E-state index in [0.717, 1.165) is 47.8 Å². The number of H-pyrrole nitrogens is 1. The zero-order chi connectivity index (χ0) is 21.4. The van der Waals surface area contributed by atoms with Gasteiger partial charge in [0.1, 0.15) is 16.4 Å². The van der Waals surface area contributed by atoms with Gasteiger partial charge in [-0.15, -0.1) is 11.3 Å². The Hall–Kier alpha value is -2.87. The molecule has 5 rings (SSSR count). The van der Waals surface area contributed by atoms with Crippen LogP contribution in [0.5, 0.6) is 5.75 Å². The zero-order valence-corrected chi connectivity index (χ0v) is 18.3. The van der Waals surface area contributed by atoms with Gasteiger partial charge in [-0.1, -0.05) is 29.8 Å². The topological polar surface area (TPSA) is 72.5 Å². The first-order chi connectivity index (χ1) is 15.1. The first-order valence-electron chi connectivity index (χ1n) is 10.1. The third kappa shape index (κ3) is 4.04. The molecule has 3 heterocycles. The summed E-state index contributed by atoms with van der Waals surface area (Å²) < 4.78 is 0. The van der Waals surface area contributed by atoms with Crippen LogP contribution in [0.15, 0.2) is 58.7 Å². The van der Waals surface area contributed by atoms with Crippen molar-refractivity contribution in [2.45, 2.75) is 6.54 Å². The van der Waals surface area contributed by atoms with Crippen LogP contribution in [0.3, 0.4) is 0 Å². The van der Waals surface area contributed by atoms with Crippen LogP contribution in [0.1, 0.15) is 5.82 Å². The van der Waals surface area contributed by atoms with Crippen LogP contribution in [0.2, 0.25) is 5.02 Å². The summed E-state index contributed by atoms with van der Waals surface area (Å²) in [5.74, 6) is 0.960. The van der Waals surface area contributed by atoms with Crippen LogP contribution in [-0.2, 0) is 6.54 Å². The van der Waals surface area contributed by atoms with Gasteiger partial charge < -0.3 is 15.0 Å². The van der Waals surface area contributed by atoms with Crippen molar-refractivity contribution in [3.63, 3.8) is 0 Å². The molecule has 4 aromatic rings. The van der Waals surface area contributed by atoms with Crippen LogP contribution in [0.25, 0.3) is 21.3 Å². The molecule has 6 nitrogen and oxygen atoms in total. The summed E-state index contributed by atoms with van der Waals surface area (Å²) in [6, 6.07) is 14.8. The number of anilines is 1. The number of aromatic hydroxyl groups is 1. The fraction of sp³-hybridized carbons (Fsp3) is 0.217. The normalized spacial score (nSPS) is 14.9. The predicted octanol–water partition coefficient (Wildman–Crippen LogP) is 4.33. The second-order valence-corrected chi connectivity index (χ2v) is 8.87. The van der Waals surface area contributed by atoms with E-state index in [-0.39, 0.29) is 11.3 Å². The number of nitrogens with one attached hydrogen (secondary N) is 1. The van der Waals surface area contributed by atoms with Crippen LogP contribution in [-0.4, -0.2) is 46.2 Å². The molecule has 1 aliphatic heterocycles. The van der Waals surface area contributed by atoms with Crippen molar-refractivity contribution in [2.75, 3.05) is 31.1 Å². The Bertz CT molecular complexity index is 1280. The molecule has 0 radical (unpaired) electrons. The van der Waals surface area contributed by atoms with Gasteiger partial charge in [-0.25, -0.2) is 4.98 Å². The minimum atomic E-state index is -0.126. The number of aromatic nitrogens is 2. The molecule has 0 atom stereocenters. The molecule has 158 valence electrons. The molecule has 1 aliphatic rings. The molecule has 31 heavy (non-hydrogen) atoms. The Labute approximate surface area is 188 Å². The maximum absolute atomic E-state index is 12.9. The molecule has 1 saturated heterocycles. The molecule has 2 aromatic carbocycles. The van der Waals surface area contributed by atoms with Crippen molar-refractivity contribution in [2.24, 2.45) is 0 Å². The molecular formula is C23H21ClN4O2S. The number of hydrogen-bond donors (Lipinski definition) is 2. The molecule has 0 saturated carbocycles. The van der Waals surface area contributed by atoms with Crippen molar-refractivity contribution < 1.29 is 5.11 Å². The van der Waals surface area contributed by atoms with Crippen LogP contribution in [0, 0.1) is 0 Å². The Morgan fingerprint density at radius 3 is 2.52 bits per heavy atom. The highest BCUT2D eigenvalue weighted by molar-refractivity contribution is 7.17. The highest BCUT2D eigenvalue weighted by Gasteiger charge is 2.20. The number of thiophene rings is 1. The van der Waals surface area contributed by atoms with Crippen molar-refractivity contribution in [3.8, 4) is 16.9 Å². The van der Waals surface area contributed by atoms with Gasteiger partial charge in [0.15, 0.2) is 0 Å². The Balaban J connectivity index is 1.32. The largest absolute Gasteiger partial charge is 0.508 e. The van der Waals surface area contributed by atoms with Gasteiger partial charge in [0.2, 0.25) is 0 Å². The second-order valence-electron chi connectivity index (χ2n) is 7.60. The summed E-state index contributed by atoms with van der Waals surface area (Å²) in [6.07, 6.45) is 0. The molecule has 2 aromatic heterocycles. The van der Waals surface area contributed by atoms with E-state index < -0.39 is 0 Å². The quantitative estimate of drug-likeness (QED) is 0.482. The van der Waals surface area contributed by atoms with E-state index in [4.69, 9.17) is 16.6 Å². The number of hydrogen-bond acceptors (Lipinski definition) is 6. The number of nitrogens with zero attached hydrogens (tertiary/aromatic N) is 3. The molecule has 2 N–H and O–H groups in total. The minimum Gasteiger partial charge on any atom is -0.508 e. The van der Waals surface area contributed by atoms with Gasteiger partial charge in [0, 0.05) is 53.4 Å². The summed E-state index contributed by atoms with van der Waals surface area (Å²) in [5.41, 5.74) is 2.66. The van der Waals surface area contributed by atoms with E-state index in [2.05, 4.69) is 14.8 Å². The standard InChI is InChI=1S/C23H21ClN4O2S/c24-19-4-2-1-3-17(19)18-14-31-23-21(18)22(30)25-20(26-23)13-27-9-11-28(12-10-27)15-5-7-16(29)8-6-15/h1-8,14,29H,9-13H2,(H,25,26,30). The van der Waals surface area contributed by atoms with Crippen molar-refractivity contribution in [1.82, 2.24) is 14.9 Å². The smallest absolute Gasteiger partial charge is 0.260 e. The summed E-state index contributed by atoms with van der Waals surface area (Å²) in [4.78, 5) is 25.9. The van der Waals surface area contributed by atoms with E-state index in [0.29, 0.717) is 22.8 Å². The van der Waals surface area contributed by atoms with Crippen LogP contribution in [0.4, 0.5) is 5.69 Å². The van der Waals surface area contributed by atoms with Crippen molar-refractivity contribution in [1.29, 1.82) is 0 Å². The molecule has 8 heteroatoms. The van der Waals surface area contributed by atoms with E-state index in [9.17, 15) is 9.90 Å². The third-order valence-electron chi connectivity index (χ3n) is 5.62. The molecular weight excluding hydrogens is 432 g/mol. The average molecular weight is 453 g/mol. The number of halogens is 1. The summed E-state index contributed by atoms with van der Waals surface area (Å²) in [5, 5.41) is 12.6. The Morgan fingerprint density at radius 1 is 1.03 bits per heavy atom. The number of phenolic OH excluding ortho intramolecular Hbond substituents is 1. The minimum absolute atomic E-state index is 0.126. The highest BCUT2D eigenvalue weighted by atomic mass is 35.5. The number of fused-ring (bicyclic) bond motifs is 1. The van der Waals surface area contributed by atoms with Gasteiger partial charge in [-0.2, -0.15) is 0 Å². The lowest BCUT2D eigenvalue weighted by atomic mass is 10.1. The van der Waals surface area contributed by atoms with Gasteiger partial charge >= 0.3 is 0 Å². The lowest BCUT2D eigenvalue weighted by Gasteiger charge is -2.35. The number of aromatic amines is 1. The van der Waals surface area contributed by atoms with E-state index in [1.165, 1.54) is 11.3 Å². The van der Waals surface area contributed by atoms with Crippen LogP contribution >= 0.6 is 22.9 Å². The van der Waals surface area contributed by atoms with Crippen molar-refractivity contribution in [3.05, 3.63) is 75.1 Å². The summed E-state index contributed by atoms with van der Waals surface area (Å²) in [6.45, 7) is 4.11. The lowest BCUT2D eigenvalue weighted by molar-refractivity contribution is 0.244. The number of piperazine rings is 1. The highest BCUT2D eigenvalue weighted by Crippen LogP contribution is 2.34.